The normalized spacial score (nSPS) is 22.2. The second-order valence-corrected chi connectivity index (χ2v) is 10.1. The van der Waals surface area contributed by atoms with E-state index in [-0.39, 0.29) is 29.9 Å². The molecule has 0 radical (unpaired) electrons. The molecular formula is C21H26FN3O4S. The van der Waals surface area contributed by atoms with E-state index in [0.717, 1.165) is 24.8 Å². The molecule has 2 fully saturated rings. The molecule has 1 aromatic heterocycles. The fraction of sp³-hybridized carbons (Fsp3) is 0.524. The molecule has 0 saturated carbocycles. The van der Waals surface area contributed by atoms with E-state index in [4.69, 9.17) is 4.42 Å². The van der Waals surface area contributed by atoms with Gasteiger partial charge < -0.3 is 9.32 Å². The molecule has 0 bridgehead atoms. The molecule has 2 aliphatic rings. The summed E-state index contributed by atoms with van der Waals surface area (Å²) in [6, 6.07) is 6.26. The van der Waals surface area contributed by atoms with Crippen LogP contribution in [-0.4, -0.2) is 60.4 Å². The number of likely N-dealkylation sites (tertiary alicyclic amines) is 1. The van der Waals surface area contributed by atoms with E-state index < -0.39 is 10.0 Å². The number of benzene rings is 1. The van der Waals surface area contributed by atoms with E-state index in [2.05, 4.69) is 4.98 Å². The molecule has 1 amide bonds. The van der Waals surface area contributed by atoms with Gasteiger partial charge in [0.2, 0.25) is 15.9 Å². The van der Waals surface area contributed by atoms with Crippen LogP contribution in [0, 0.1) is 5.82 Å². The van der Waals surface area contributed by atoms with E-state index in [1.165, 1.54) is 16.4 Å². The molecule has 2 aromatic rings. The maximum absolute atomic E-state index is 13.1. The number of hydrogen-bond donors (Lipinski definition) is 0. The van der Waals surface area contributed by atoms with Crippen LogP contribution in [0.5, 0.6) is 0 Å². The minimum Gasteiger partial charge on any atom is -0.445 e. The Bertz CT molecular complexity index is 990. The minimum absolute atomic E-state index is 0.0115. The van der Waals surface area contributed by atoms with Crippen molar-refractivity contribution in [3.8, 4) is 0 Å². The van der Waals surface area contributed by atoms with Crippen molar-refractivity contribution in [2.75, 3.05) is 31.9 Å². The monoisotopic (exact) mass is 435 g/mol. The van der Waals surface area contributed by atoms with E-state index in [1.54, 1.807) is 23.2 Å². The molecule has 3 heterocycles. The number of carbonyl (C=O) groups is 1. The van der Waals surface area contributed by atoms with Crippen molar-refractivity contribution in [3.63, 3.8) is 0 Å². The van der Waals surface area contributed by atoms with Crippen LogP contribution in [0.15, 0.2) is 34.9 Å². The highest BCUT2D eigenvalue weighted by atomic mass is 32.2. The number of hydrogen-bond acceptors (Lipinski definition) is 5. The number of oxazole rings is 1. The highest BCUT2D eigenvalue weighted by Crippen LogP contribution is 2.27. The van der Waals surface area contributed by atoms with Crippen molar-refractivity contribution in [3.05, 3.63) is 53.5 Å². The van der Waals surface area contributed by atoms with Crippen LogP contribution in [0.2, 0.25) is 0 Å². The van der Waals surface area contributed by atoms with Crippen LogP contribution in [0.3, 0.4) is 0 Å². The van der Waals surface area contributed by atoms with Gasteiger partial charge in [0.1, 0.15) is 11.6 Å². The van der Waals surface area contributed by atoms with Crippen LogP contribution in [0.25, 0.3) is 0 Å². The molecule has 0 N–H and O–H groups in total. The van der Waals surface area contributed by atoms with Gasteiger partial charge in [0.15, 0.2) is 5.89 Å². The van der Waals surface area contributed by atoms with Crippen molar-refractivity contribution >= 4 is 15.9 Å². The average Bonchev–Trinajstić information content (AvgIpc) is 3.20. The molecular weight excluding hydrogens is 409 g/mol. The maximum atomic E-state index is 13.1. The molecule has 30 heavy (non-hydrogen) atoms. The van der Waals surface area contributed by atoms with Crippen molar-refractivity contribution < 1.29 is 22.0 Å². The molecule has 4 rings (SSSR count). The summed E-state index contributed by atoms with van der Waals surface area (Å²) in [5.74, 6) is 0.956. The first-order chi connectivity index (χ1) is 14.4. The summed E-state index contributed by atoms with van der Waals surface area (Å²) >= 11 is 0. The van der Waals surface area contributed by atoms with Crippen molar-refractivity contribution in [1.29, 1.82) is 0 Å². The van der Waals surface area contributed by atoms with Crippen LogP contribution >= 0.6 is 0 Å². The summed E-state index contributed by atoms with van der Waals surface area (Å²) in [5.41, 5.74) is 0.933. The van der Waals surface area contributed by atoms with Crippen LogP contribution in [0.4, 0.5) is 4.39 Å². The summed E-state index contributed by atoms with van der Waals surface area (Å²) in [6.07, 6.45) is 5.34. The lowest BCUT2D eigenvalue weighted by molar-refractivity contribution is -0.132. The summed E-state index contributed by atoms with van der Waals surface area (Å²) < 4.78 is 44.6. The van der Waals surface area contributed by atoms with Crippen molar-refractivity contribution in [2.45, 2.75) is 38.0 Å². The van der Waals surface area contributed by atoms with Gasteiger partial charge in [-0.1, -0.05) is 12.1 Å². The Morgan fingerprint density at radius 3 is 2.73 bits per heavy atom. The number of nitrogens with zero attached hydrogens (tertiary/aromatic N) is 3. The first-order valence-corrected chi connectivity index (χ1v) is 12.0. The summed E-state index contributed by atoms with van der Waals surface area (Å²) in [6.45, 7) is 1.42. The lowest BCUT2D eigenvalue weighted by atomic mass is 9.98. The smallest absolute Gasteiger partial charge is 0.237 e. The van der Waals surface area contributed by atoms with Gasteiger partial charge in [-0.05, 0) is 43.4 Å². The third-order valence-electron chi connectivity index (χ3n) is 5.75. The molecule has 162 valence electrons. The Morgan fingerprint density at radius 2 is 1.97 bits per heavy atom. The number of carbonyl (C=O) groups excluding carboxylic acids is 1. The molecule has 0 unspecified atom stereocenters. The highest BCUT2D eigenvalue weighted by Gasteiger charge is 2.32. The number of amides is 1. The van der Waals surface area contributed by atoms with Gasteiger partial charge in [0, 0.05) is 26.1 Å². The molecule has 7 nitrogen and oxygen atoms in total. The summed E-state index contributed by atoms with van der Waals surface area (Å²) in [7, 11) is -3.32. The van der Waals surface area contributed by atoms with Gasteiger partial charge in [0.25, 0.3) is 0 Å². The first kappa shape index (κ1) is 21.0. The summed E-state index contributed by atoms with van der Waals surface area (Å²) in [5, 5.41) is 0. The zero-order chi connectivity index (χ0) is 21.1. The Morgan fingerprint density at radius 1 is 1.17 bits per heavy atom. The number of rotatable bonds is 5. The van der Waals surface area contributed by atoms with Gasteiger partial charge in [-0.2, -0.15) is 4.31 Å². The van der Waals surface area contributed by atoms with Crippen molar-refractivity contribution in [2.24, 2.45) is 0 Å². The standard InChI is InChI=1S/C21H26FN3O4S/c22-18-7-5-16(6-8-18)12-19-13-23-21(29-19)17-4-3-9-24(14-17)20(26)15-25-10-1-2-11-30(25,27)28/h5-8,13,17H,1-4,9-12,14-15H2/t17-/m0/s1. The topological polar surface area (TPSA) is 83.7 Å². The van der Waals surface area contributed by atoms with E-state index in [9.17, 15) is 17.6 Å². The fourth-order valence-electron chi connectivity index (χ4n) is 4.07. The number of piperidine rings is 1. The largest absolute Gasteiger partial charge is 0.445 e. The zero-order valence-corrected chi connectivity index (χ0v) is 17.6. The van der Waals surface area contributed by atoms with Crippen LogP contribution in [-0.2, 0) is 21.2 Å². The van der Waals surface area contributed by atoms with Gasteiger partial charge in [0.05, 0.1) is 24.4 Å². The highest BCUT2D eigenvalue weighted by molar-refractivity contribution is 7.89. The Kier molecular flexibility index (Phi) is 6.19. The lowest BCUT2D eigenvalue weighted by Gasteiger charge is -2.33. The van der Waals surface area contributed by atoms with E-state index in [1.807, 2.05) is 0 Å². The molecule has 2 saturated heterocycles. The molecule has 2 aliphatic heterocycles. The first-order valence-electron chi connectivity index (χ1n) is 10.4. The number of sulfonamides is 1. The molecule has 0 aliphatic carbocycles. The number of halogens is 1. The maximum Gasteiger partial charge on any atom is 0.237 e. The second kappa shape index (κ2) is 8.85. The minimum atomic E-state index is -3.32. The Labute approximate surface area is 175 Å². The van der Waals surface area contributed by atoms with Gasteiger partial charge >= 0.3 is 0 Å². The van der Waals surface area contributed by atoms with Gasteiger partial charge in [-0.15, -0.1) is 0 Å². The molecule has 1 aromatic carbocycles. The van der Waals surface area contributed by atoms with Crippen LogP contribution in [0.1, 0.15) is 48.8 Å². The molecule has 9 heteroatoms. The average molecular weight is 436 g/mol. The van der Waals surface area contributed by atoms with E-state index >= 15 is 0 Å². The number of aromatic nitrogens is 1. The fourth-order valence-corrected chi connectivity index (χ4v) is 5.61. The third-order valence-corrected chi connectivity index (χ3v) is 7.65. The summed E-state index contributed by atoms with van der Waals surface area (Å²) in [4.78, 5) is 18.9. The predicted octanol–water partition coefficient (Wildman–Crippen LogP) is 2.54. The lowest BCUT2D eigenvalue weighted by Crippen LogP contribution is -2.48. The predicted molar refractivity (Wildman–Crippen MR) is 109 cm³/mol. The Balaban J connectivity index is 1.37. The Hall–Kier alpha value is -2.26. The zero-order valence-electron chi connectivity index (χ0n) is 16.8. The van der Waals surface area contributed by atoms with Gasteiger partial charge in [-0.25, -0.2) is 17.8 Å². The molecule has 0 spiro atoms. The van der Waals surface area contributed by atoms with Gasteiger partial charge in [-0.3, -0.25) is 4.79 Å². The van der Waals surface area contributed by atoms with Crippen molar-refractivity contribution in [1.82, 2.24) is 14.2 Å². The molecule has 1 atom stereocenters. The van der Waals surface area contributed by atoms with Crippen LogP contribution < -0.4 is 0 Å². The SMILES string of the molecule is O=C(CN1CCCCS1(=O)=O)N1CCC[C@H](c2ncc(Cc3ccc(F)cc3)o2)C1. The quantitative estimate of drug-likeness (QED) is 0.721. The second-order valence-electron chi connectivity index (χ2n) is 8.00. The third kappa shape index (κ3) is 4.89. The van der Waals surface area contributed by atoms with E-state index in [0.29, 0.717) is 44.1 Å².